The summed E-state index contributed by atoms with van der Waals surface area (Å²) in [6, 6.07) is 0. The van der Waals surface area contributed by atoms with Gasteiger partial charge in [-0.05, 0) is 449 Å². The summed E-state index contributed by atoms with van der Waals surface area (Å²) in [5.41, 5.74) is 10.7. The molecule has 5 aromatic heterocycles. The first kappa shape index (κ1) is 106. The van der Waals surface area contributed by atoms with E-state index in [4.69, 9.17) is 16.3 Å². The van der Waals surface area contributed by atoms with Crippen molar-refractivity contribution < 1.29 is 39.1 Å². The molecule has 16 saturated carbocycles. The Hall–Kier alpha value is -7.94. The number of fused-ring (bicyclic) bond motifs is 25. The molecule has 0 saturated heterocycles. The third kappa shape index (κ3) is 20.3. The van der Waals surface area contributed by atoms with Gasteiger partial charge in [0.15, 0.2) is 6.33 Å². The van der Waals surface area contributed by atoms with E-state index < -0.39 is 34.4 Å². The third-order valence-electron chi connectivity index (χ3n) is 46.5. The van der Waals surface area contributed by atoms with Crippen molar-refractivity contribution in [1.29, 1.82) is 0 Å². The van der Waals surface area contributed by atoms with Gasteiger partial charge in [-0.2, -0.15) is 64.8 Å². The van der Waals surface area contributed by atoms with Crippen LogP contribution in [-0.4, -0.2) is 154 Å². The lowest BCUT2D eigenvalue weighted by Crippen LogP contribution is -2.49. The van der Waals surface area contributed by atoms with Crippen LogP contribution in [0.15, 0.2) is 175 Å². The van der Waals surface area contributed by atoms with E-state index in [0.717, 1.165) is 186 Å². The van der Waals surface area contributed by atoms with E-state index in [1.165, 1.54) is 211 Å². The fourth-order valence-corrected chi connectivity index (χ4v) is 39.6. The fraction of sp³-hybridized carbons (Fsp3) is 0.736. The van der Waals surface area contributed by atoms with Crippen LogP contribution in [0, 0.1) is 204 Å². The van der Waals surface area contributed by atoms with Crippen LogP contribution in [0.1, 0.15) is 311 Å². The minimum Gasteiger partial charge on any atom is -0.390 e. The number of ether oxygens (including phenoxy) is 1. The molecular formula is C125H173ClF2N16O6. The number of methoxy groups -OCH3 is 1. The minimum absolute atomic E-state index is 0.163. The summed E-state index contributed by atoms with van der Waals surface area (Å²) in [6.45, 7) is 41.1. The molecule has 810 valence electrons. The van der Waals surface area contributed by atoms with E-state index in [1.807, 2.05) is 6.92 Å². The molecule has 0 radical (unpaired) electrons. The Morgan fingerprint density at radius 3 is 0.967 bits per heavy atom. The van der Waals surface area contributed by atoms with Gasteiger partial charge in [0.05, 0.1) is 100 Å². The summed E-state index contributed by atoms with van der Waals surface area (Å²) in [4.78, 5) is 8.74. The number of tetrazole rings is 1. The lowest BCUT2D eigenvalue weighted by molar-refractivity contribution is -0.119. The second-order valence-electron chi connectivity index (χ2n) is 54.1. The molecule has 35 atom stereocenters. The molecule has 5 N–H and O–H groups in total. The quantitative estimate of drug-likeness (QED) is 0.0403. The Kier molecular flexibility index (Phi) is 29.9. The molecular weight excluding hydrogens is 1890 g/mol. The zero-order valence-electron chi connectivity index (χ0n) is 91.1. The maximum absolute atomic E-state index is 13.4. The fourth-order valence-electron chi connectivity index (χ4n) is 39.5. The number of halogens is 3. The van der Waals surface area contributed by atoms with Crippen molar-refractivity contribution in [1.82, 2.24) is 80.2 Å². The topological polar surface area (TPSA) is 277 Å². The summed E-state index contributed by atoms with van der Waals surface area (Å²) in [6.07, 6.45) is 71.0. The van der Waals surface area contributed by atoms with Gasteiger partial charge in [-0.1, -0.05) is 171 Å². The molecule has 25 heteroatoms. The number of aromatic nitrogens is 16. The lowest BCUT2D eigenvalue weighted by atomic mass is 9.51. The standard InChI is InChI=1S/C28H37N3O.C25H32ClN3O.C25H37N3O2.C24H33F2N3O.C23H34N4O/c1-19(18-31-29-15-16-30-31)25-7-8-26-24-6-5-21-17-28(32,13-9-20-3-4-20)14-11-22(21)23(24)10-12-27(25,26)2;1-17(16-29-27-13-14-28-29)22-5-6-23-21-4-3-18-15-25(30,11-12-26)10-8-19(18)20(21)7-9-24(22,23)2;1-17(15-28-26-12-13-27-28)22-6-7-23-21-5-4-18-14-25(29,16-30-3)11-9-19(18)20(21)8-10-24(22,23)2;1-15(14-29-27-11-12-28-29)20-5-6-21-19-4-3-16-13-24(30,22(25)26)10-8-17(16)18(19)7-9-23(20,21)2;1-15(13-27-25-14-24-26-27)20-6-7-21-19-5-4-16-12-22(2,28)10-8-17(16)18(19)9-11-23(20,21)3/h5,15-16,20,22-26,32H,1,3-4,6-8,10-12,14,17-18H2,2H3;3,13-14,19-23,30H,1,4-10,15-16H2,2H3;4,12-13,19-23,29H,1,5-11,14-16H2,2-3H3;3,11-12,17-22,30H,1,4-10,13-14H2,2H3;4,14,17-21,28H,1,5-13H2,2-3H3/t22-,23+,24+,25+,26-,27+,28+;19-,20+,21+,22+,23-,24+,25-;19-,20+,21+,22+,23-,24+,25+;17-,18+,19+,20+,21-,23+,24+;17-,18+,19+,20+,21-,22+,23+/m00000/s1. The number of nitrogens with zero attached hydrogens (tertiary/aromatic N) is 16. The molecule has 0 spiro atoms. The monoisotopic (exact) mass is 2070 g/mol. The summed E-state index contributed by atoms with van der Waals surface area (Å²) in [5.74, 6) is 27.4. The molecule has 150 heavy (non-hydrogen) atoms. The van der Waals surface area contributed by atoms with Crippen LogP contribution in [-0.2, 0) is 37.5 Å². The molecule has 21 aliphatic carbocycles. The highest BCUT2D eigenvalue weighted by Crippen LogP contribution is 2.72. The van der Waals surface area contributed by atoms with Crippen LogP contribution >= 0.6 is 11.6 Å². The lowest BCUT2D eigenvalue weighted by Gasteiger charge is -2.54. The minimum atomic E-state index is -2.65. The normalized spacial score (nSPS) is 43.1. The summed E-state index contributed by atoms with van der Waals surface area (Å²) < 4.78 is 32.1. The van der Waals surface area contributed by atoms with Gasteiger partial charge in [-0.25, -0.2) is 8.78 Å². The summed E-state index contributed by atoms with van der Waals surface area (Å²) in [5, 5.41) is 103. The first-order valence-corrected chi connectivity index (χ1v) is 59.3. The summed E-state index contributed by atoms with van der Waals surface area (Å²) >= 11 is 5.61. The molecule has 0 unspecified atom stereocenters. The van der Waals surface area contributed by atoms with Crippen molar-refractivity contribution in [2.75, 3.05) is 13.7 Å². The van der Waals surface area contributed by atoms with E-state index in [0.29, 0.717) is 131 Å². The number of aliphatic hydroxyl groups is 5. The van der Waals surface area contributed by atoms with Gasteiger partial charge in [0, 0.05) is 37.7 Å². The van der Waals surface area contributed by atoms with Crippen molar-refractivity contribution >= 4 is 11.6 Å². The second-order valence-corrected chi connectivity index (χ2v) is 54.3. The number of allylic oxidation sites excluding steroid dienone is 10. The molecule has 0 aromatic carbocycles. The van der Waals surface area contributed by atoms with Gasteiger partial charge >= 0.3 is 0 Å². The van der Waals surface area contributed by atoms with Crippen molar-refractivity contribution in [3.8, 4) is 23.1 Å². The first-order valence-electron chi connectivity index (χ1n) is 59.0. The number of rotatable bonds is 18. The van der Waals surface area contributed by atoms with Gasteiger partial charge in [-0.15, -0.1) is 10.2 Å². The maximum Gasteiger partial charge on any atom is 0.267 e. The van der Waals surface area contributed by atoms with Gasteiger partial charge in [-0.3, -0.25) is 0 Å². The molecule has 5 heterocycles. The van der Waals surface area contributed by atoms with E-state index in [-0.39, 0.29) is 18.3 Å². The van der Waals surface area contributed by atoms with Crippen LogP contribution in [0.2, 0.25) is 0 Å². The zero-order chi connectivity index (χ0) is 104. The number of hydrogen-bond donors (Lipinski definition) is 5. The third-order valence-corrected chi connectivity index (χ3v) is 46.6. The smallest absolute Gasteiger partial charge is 0.267 e. The predicted molar refractivity (Wildman–Crippen MR) is 579 cm³/mol. The van der Waals surface area contributed by atoms with Gasteiger partial charge in [0.1, 0.15) is 16.8 Å². The molecule has 5 aromatic rings. The SMILES string of the molecule is C=C(Cn1nccn1)[C@H]1CC[C@H]2[C@@H]3CC=C4C[C@@](O)(C#CC5CC5)CC[C@@H]4[C@H]3CC[C@]12C.C=C(Cn1nccn1)[C@H]1CC[C@H]2[C@@H]3CC=C4C[C@@](O)(C#CCl)CC[C@@H]4[C@H]3CC[C@]12C.C=C(Cn1nccn1)[C@H]1CC[C@H]2[C@@H]3CC=C4C[C@@](O)(C(F)F)CC[C@@H]4[C@H]3CC[C@]12C.C=C(Cn1nccn1)[C@H]1CC[C@H]2[C@@H]3CC=C4C[C@@](O)(COC)CC[C@@H]4[C@H]3CC[C@]12C.C=C(Cn1ncnn1)[C@H]1CC[C@H]2[C@@H]3CC=C4C[C@](C)(O)CC[C@@H]4[C@H]3CC[C@]12C. The molecule has 21 aliphatic rings. The van der Waals surface area contributed by atoms with Crippen molar-refractivity contribution in [3.63, 3.8) is 0 Å². The van der Waals surface area contributed by atoms with Crippen molar-refractivity contribution in [2.24, 2.45) is 181 Å². The van der Waals surface area contributed by atoms with Gasteiger partial charge < -0.3 is 30.3 Å². The van der Waals surface area contributed by atoms with Gasteiger partial charge in [0.25, 0.3) is 6.43 Å². The largest absolute Gasteiger partial charge is 0.390 e. The van der Waals surface area contributed by atoms with E-state index in [2.05, 4.69) is 177 Å². The Balaban J connectivity index is 0.000000106. The van der Waals surface area contributed by atoms with Crippen LogP contribution in [0.5, 0.6) is 0 Å². The van der Waals surface area contributed by atoms with E-state index in [9.17, 15) is 34.3 Å². The highest BCUT2D eigenvalue weighted by atomic mass is 35.5. The molecule has 0 aliphatic heterocycles. The number of alkyl halides is 2. The Morgan fingerprint density at radius 2 is 0.653 bits per heavy atom. The highest BCUT2D eigenvalue weighted by Gasteiger charge is 2.65. The predicted octanol–water partition coefficient (Wildman–Crippen LogP) is 23.7. The average Bonchev–Trinajstić information content (AvgIpc) is 1.55. The summed E-state index contributed by atoms with van der Waals surface area (Å²) in [7, 11) is 1.70. The number of hydrogen-bond acceptors (Lipinski definition) is 17. The molecule has 26 rings (SSSR count). The molecule has 0 amide bonds. The van der Waals surface area contributed by atoms with Crippen LogP contribution in [0.25, 0.3) is 0 Å². The van der Waals surface area contributed by atoms with Crippen molar-refractivity contribution in [2.45, 2.75) is 378 Å². The van der Waals surface area contributed by atoms with E-state index in [1.54, 1.807) is 86.2 Å². The second kappa shape index (κ2) is 42.2. The van der Waals surface area contributed by atoms with Crippen molar-refractivity contribution in [3.05, 3.63) is 175 Å². The first-order chi connectivity index (χ1) is 72.0. The Morgan fingerprint density at radius 1 is 0.353 bits per heavy atom. The average molecular weight is 2070 g/mol. The van der Waals surface area contributed by atoms with Crippen LogP contribution in [0.3, 0.4) is 0 Å². The molecule has 22 nitrogen and oxygen atoms in total. The Bertz CT molecular complexity index is 6000. The van der Waals surface area contributed by atoms with Crippen LogP contribution < -0.4 is 0 Å². The Labute approximate surface area is 896 Å². The highest BCUT2D eigenvalue weighted by molar-refractivity contribution is 6.30. The molecule has 0 bridgehead atoms. The van der Waals surface area contributed by atoms with Gasteiger partial charge in [0.2, 0.25) is 0 Å². The maximum atomic E-state index is 13.4. The zero-order valence-corrected chi connectivity index (χ0v) is 91.8. The van der Waals surface area contributed by atoms with E-state index >= 15 is 0 Å². The molecule has 16 fully saturated rings. The van der Waals surface area contributed by atoms with Crippen LogP contribution in [0.4, 0.5) is 8.78 Å².